The molecule has 0 spiro atoms. The maximum Gasteiger partial charge on any atom is 0.132 e. The number of hydrogen-bond acceptors (Lipinski definition) is 5. The molecule has 0 bridgehead atoms. The van der Waals surface area contributed by atoms with Crippen LogP contribution in [0.2, 0.25) is 19.6 Å². The average molecular weight is 1010 g/mol. The largest absolute Gasteiger partial charge is 0.500 e. The van der Waals surface area contributed by atoms with Crippen LogP contribution in [0.15, 0.2) is 132 Å². The molecule has 4 heterocycles. The first kappa shape index (κ1) is 40.5. The first-order chi connectivity index (χ1) is 30.5. The fourth-order valence-corrected chi connectivity index (χ4v) is 9.80. The number of pyridine rings is 2. The van der Waals surface area contributed by atoms with Crippen molar-refractivity contribution >= 4 is 46.2 Å². The smallest absolute Gasteiger partial charge is 0.132 e. The van der Waals surface area contributed by atoms with Crippen LogP contribution in [-0.4, -0.2) is 28.0 Å². The summed E-state index contributed by atoms with van der Waals surface area (Å²) in [6.45, 7) is 18.0. The Morgan fingerprint density at radius 2 is 1.37 bits per heavy atom. The Hall–Kier alpha value is -5.59. The number of aromatic nitrogens is 4. The maximum atomic E-state index is 7.43. The molecule has 5 aromatic carbocycles. The van der Waals surface area contributed by atoms with Crippen LogP contribution < -0.4 is 5.32 Å². The molecule has 5 nitrogen and oxygen atoms in total. The normalized spacial score (nSPS) is 12.6. The molecule has 0 aliphatic heterocycles. The van der Waals surface area contributed by atoms with Gasteiger partial charge in [0.1, 0.15) is 13.7 Å². The maximum absolute atomic E-state index is 7.43. The van der Waals surface area contributed by atoms with Crippen LogP contribution in [0.5, 0.6) is 0 Å². The van der Waals surface area contributed by atoms with Crippen molar-refractivity contribution in [3.8, 4) is 45.0 Å². The van der Waals surface area contributed by atoms with E-state index in [2.05, 4.69) is 145 Å². The SMILES string of the molecule is CC(C)c1cccc(C(C)C)c1-c1ccnc(-c2[c-]ccc3c2oc2c4ccccc4nc(-c4ccccc4)c32)c1.[2H]C([2H])([2H])c1c[c-]c(-c2ncc(C(C)C)c([Si](C)(C)C)n2)cc1.[Ir]. The molecule has 0 N–H and O–H groups in total. The molecule has 0 atom stereocenters. The van der Waals surface area contributed by atoms with Gasteiger partial charge in [0.05, 0.1) is 22.6 Å². The van der Waals surface area contributed by atoms with Gasteiger partial charge in [0.15, 0.2) is 0 Å². The molecule has 0 saturated heterocycles. The number of benzene rings is 5. The summed E-state index contributed by atoms with van der Waals surface area (Å²) in [7, 11) is -1.60. The molecule has 62 heavy (non-hydrogen) atoms. The van der Waals surface area contributed by atoms with Crippen molar-refractivity contribution in [2.45, 2.75) is 85.8 Å². The minimum absolute atomic E-state index is 0. The summed E-state index contributed by atoms with van der Waals surface area (Å²) >= 11 is 0. The third kappa shape index (κ3) is 8.85. The van der Waals surface area contributed by atoms with Gasteiger partial charge in [-0.05, 0) is 69.5 Å². The van der Waals surface area contributed by atoms with Gasteiger partial charge in [-0.1, -0.05) is 146 Å². The van der Waals surface area contributed by atoms with Gasteiger partial charge in [-0.15, -0.1) is 53.6 Å². The first-order valence-electron chi connectivity index (χ1n) is 22.7. The molecule has 0 aliphatic carbocycles. The number of hydrogen-bond donors (Lipinski definition) is 0. The van der Waals surface area contributed by atoms with Gasteiger partial charge in [0, 0.05) is 58.3 Å². The van der Waals surface area contributed by atoms with Crippen LogP contribution >= 0.6 is 0 Å². The minimum Gasteiger partial charge on any atom is -0.500 e. The molecule has 0 saturated carbocycles. The zero-order valence-corrected chi connectivity index (χ0v) is 40.3. The van der Waals surface area contributed by atoms with E-state index in [1.165, 1.54) is 33.9 Å². The van der Waals surface area contributed by atoms with E-state index in [1.807, 2.05) is 42.7 Å². The van der Waals surface area contributed by atoms with Crippen molar-refractivity contribution in [3.05, 3.63) is 162 Å². The van der Waals surface area contributed by atoms with Crippen LogP contribution in [0.3, 0.4) is 0 Å². The summed E-state index contributed by atoms with van der Waals surface area (Å²) < 4.78 is 29.1. The van der Waals surface area contributed by atoms with Gasteiger partial charge in [-0.2, -0.15) is 0 Å². The van der Waals surface area contributed by atoms with Crippen molar-refractivity contribution < 1.29 is 28.6 Å². The Morgan fingerprint density at radius 3 is 2.03 bits per heavy atom. The van der Waals surface area contributed by atoms with E-state index in [9.17, 15) is 0 Å². The molecule has 0 aliphatic rings. The number of nitrogens with zero attached hydrogens (tertiary/aromatic N) is 4. The molecular formula is C55H54IrN4OSi-2. The van der Waals surface area contributed by atoms with E-state index in [0.717, 1.165) is 66.2 Å². The van der Waals surface area contributed by atoms with Crippen LogP contribution in [0.25, 0.3) is 77.9 Å². The minimum atomic E-state index is -2.11. The Morgan fingerprint density at radius 1 is 0.661 bits per heavy atom. The van der Waals surface area contributed by atoms with Crippen molar-refractivity contribution in [2.75, 3.05) is 0 Å². The summed E-state index contributed by atoms with van der Waals surface area (Å²) in [6, 6.07) is 44.9. The van der Waals surface area contributed by atoms with E-state index >= 15 is 0 Å². The number of fused-ring (bicyclic) bond motifs is 5. The van der Waals surface area contributed by atoms with Gasteiger partial charge in [0.25, 0.3) is 0 Å². The zero-order valence-electron chi connectivity index (χ0n) is 39.9. The number of rotatable bonds is 8. The van der Waals surface area contributed by atoms with E-state index in [4.69, 9.17) is 23.5 Å². The second-order valence-corrected chi connectivity index (χ2v) is 22.7. The Balaban J connectivity index is 0.000000225. The zero-order chi connectivity index (χ0) is 45.5. The third-order valence-corrected chi connectivity index (χ3v) is 13.0. The average Bonchev–Trinajstić information content (AvgIpc) is 3.69. The summed E-state index contributed by atoms with van der Waals surface area (Å²) in [4.78, 5) is 19.2. The number of para-hydroxylation sites is 1. The summed E-state index contributed by atoms with van der Waals surface area (Å²) in [5.74, 6) is 1.81. The van der Waals surface area contributed by atoms with Gasteiger partial charge in [0.2, 0.25) is 0 Å². The number of furan rings is 1. The summed E-state index contributed by atoms with van der Waals surface area (Å²) in [5, 5.41) is 4.19. The van der Waals surface area contributed by atoms with Crippen LogP contribution in [0.1, 0.15) is 85.7 Å². The fraction of sp³-hybridized carbons (Fsp3) is 0.236. The second kappa shape index (κ2) is 18.4. The van der Waals surface area contributed by atoms with Crippen LogP contribution in [-0.2, 0) is 20.1 Å². The molecule has 4 aromatic heterocycles. The van der Waals surface area contributed by atoms with Crippen LogP contribution in [0, 0.1) is 19.0 Å². The Kier molecular flexibility index (Phi) is 12.0. The van der Waals surface area contributed by atoms with Crippen molar-refractivity contribution in [1.82, 2.24) is 19.9 Å². The molecule has 0 fully saturated rings. The summed E-state index contributed by atoms with van der Waals surface area (Å²) in [5.41, 5.74) is 13.6. The monoisotopic (exact) mass is 1010 g/mol. The van der Waals surface area contributed by atoms with Crippen LogP contribution in [0.4, 0.5) is 0 Å². The van der Waals surface area contributed by atoms with Gasteiger partial charge in [-0.25, -0.2) is 4.98 Å². The summed E-state index contributed by atoms with van der Waals surface area (Å²) in [6.07, 6.45) is 3.82. The van der Waals surface area contributed by atoms with E-state index in [0.29, 0.717) is 23.6 Å². The van der Waals surface area contributed by atoms with E-state index in [1.54, 1.807) is 12.1 Å². The quantitative estimate of drug-likeness (QED) is 0.112. The molecular weight excluding hydrogens is 953 g/mol. The van der Waals surface area contributed by atoms with Crippen molar-refractivity contribution in [3.63, 3.8) is 0 Å². The third-order valence-electron chi connectivity index (χ3n) is 11.2. The molecule has 0 amide bonds. The van der Waals surface area contributed by atoms with Gasteiger partial charge in [-0.3, -0.25) is 9.97 Å². The van der Waals surface area contributed by atoms with Gasteiger partial charge >= 0.3 is 0 Å². The molecule has 7 heteroatoms. The van der Waals surface area contributed by atoms with Crippen molar-refractivity contribution in [2.24, 2.45) is 0 Å². The van der Waals surface area contributed by atoms with Crippen molar-refractivity contribution in [1.29, 1.82) is 0 Å². The molecule has 9 rings (SSSR count). The first-order valence-corrected chi connectivity index (χ1v) is 24.7. The predicted molar refractivity (Wildman–Crippen MR) is 258 cm³/mol. The van der Waals surface area contributed by atoms with Gasteiger partial charge < -0.3 is 9.40 Å². The topological polar surface area (TPSA) is 64.7 Å². The standard InChI is InChI=1S/C38H31N2O.C17H23N2Si.Ir/c1-23(2)27-15-10-16-28(24(3)4)34(27)26-20-21-39-33(22-26)30-17-11-18-31-35-36(25-12-6-5-7-13-25)40-32-19-9-8-14-29(32)38(35)41-37(30)31;1-12(2)15-11-18-16(19-17(15)20(4,5)6)14-9-7-13(3)8-10-14;/h5-16,18-24H,1-4H3;7-9,11-12H,1-6H3;/q2*-1;/i;3D3;. The second-order valence-electron chi connectivity index (χ2n) is 17.7. The number of aryl methyl sites for hydroxylation is 1. The van der Waals surface area contributed by atoms with E-state index < -0.39 is 14.9 Å². The Bertz CT molecular complexity index is 3090. The Labute approximate surface area is 385 Å². The van der Waals surface area contributed by atoms with E-state index in [-0.39, 0.29) is 25.7 Å². The molecule has 315 valence electrons. The molecule has 0 unspecified atom stereocenters. The molecule has 9 aromatic rings. The predicted octanol–water partition coefficient (Wildman–Crippen LogP) is 14.5. The fourth-order valence-electron chi connectivity index (χ4n) is 8.14. The molecule has 1 radical (unpaired) electrons.